The maximum atomic E-state index is 11.9. The van der Waals surface area contributed by atoms with Crippen molar-refractivity contribution in [2.24, 2.45) is 5.92 Å². The summed E-state index contributed by atoms with van der Waals surface area (Å²) in [7, 11) is 0. The topological polar surface area (TPSA) is 49.4 Å². The van der Waals surface area contributed by atoms with E-state index in [1.807, 2.05) is 23.1 Å². The van der Waals surface area contributed by atoms with Crippen molar-refractivity contribution in [1.82, 2.24) is 5.32 Å². The van der Waals surface area contributed by atoms with E-state index < -0.39 is 0 Å². The van der Waals surface area contributed by atoms with Gasteiger partial charge in [-0.05, 0) is 29.7 Å². The Labute approximate surface area is 113 Å². The molecule has 0 radical (unpaired) electrons. The van der Waals surface area contributed by atoms with Crippen LogP contribution in [0, 0.1) is 5.92 Å². The van der Waals surface area contributed by atoms with E-state index in [2.05, 4.69) is 21.2 Å². The van der Waals surface area contributed by atoms with Crippen LogP contribution in [-0.2, 0) is 11.3 Å². The van der Waals surface area contributed by atoms with Crippen molar-refractivity contribution >= 4 is 33.4 Å². The van der Waals surface area contributed by atoms with Crippen molar-refractivity contribution in [1.29, 1.82) is 0 Å². The number of hydrogen-bond acceptors (Lipinski definition) is 2. The van der Waals surface area contributed by atoms with Crippen LogP contribution in [0.2, 0.25) is 0 Å². The number of fused-ring (bicyclic) bond motifs is 1. The molecule has 2 amide bonds. The molecule has 2 aliphatic rings. The quantitative estimate of drug-likeness (QED) is 0.845. The minimum absolute atomic E-state index is 0.0253. The maximum absolute atomic E-state index is 11.9. The van der Waals surface area contributed by atoms with Crippen LogP contribution in [0.1, 0.15) is 22.3 Å². The lowest BCUT2D eigenvalue weighted by Crippen LogP contribution is -2.24. The summed E-state index contributed by atoms with van der Waals surface area (Å²) in [5.74, 6) is 0.518. The molecule has 1 fully saturated rings. The Bertz CT molecular complexity index is 530. The van der Waals surface area contributed by atoms with E-state index >= 15 is 0 Å². The van der Waals surface area contributed by atoms with Gasteiger partial charge in [-0.1, -0.05) is 15.9 Å². The number of benzene rings is 1. The number of anilines is 1. The summed E-state index contributed by atoms with van der Waals surface area (Å²) < 4.78 is 0. The molecule has 1 saturated heterocycles. The Balaban J connectivity index is 1.90. The van der Waals surface area contributed by atoms with Gasteiger partial charge in [-0.2, -0.15) is 0 Å². The summed E-state index contributed by atoms with van der Waals surface area (Å²) in [4.78, 5) is 25.2. The summed E-state index contributed by atoms with van der Waals surface area (Å²) in [6.45, 7) is 1.32. The molecule has 1 N–H and O–H groups in total. The minimum Gasteiger partial charge on any atom is -0.348 e. The van der Waals surface area contributed by atoms with E-state index in [0.717, 1.165) is 28.7 Å². The monoisotopic (exact) mass is 308 g/mol. The maximum Gasteiger partial charge on any atom is 0.251 e. The SMILES string of the molecule is O=C1NCc2cc(N3CC(CBr)CC3=O)ccc21. The fraction of sp³-hybridized carbons (Fsp3) is 0.385. The Morgan fingerprint density at radius 1 is 1.39 bits per heavy atom. The first-order chi connectivity index (χ1) is 8.69. The molecule has 4 nitrogen and oxygen atoms in total. The molecule has 2 aliphatic heterocycles. The zero-order valence-electron chi connectivity index (χ0n) is 9.78. The highest BCUT2D eigenvalue weighted by molar-refractivity contribution is 9.09. The van der Waals surface area contributed by atoms with E-state index in [-0.39, 0.29) is 11.8 Å². The average Bonchev–Trinajstić information content (AvgIpc) is 2.93. The van der Waals surface area contributed by atoms with Gasteiger partial charge in [0.1, 0.15) is 0 Å². The van der Waals surface area contributed by atoms with Crippen LogP contribution in [0.25, 0.3) is 0 Å². The van der Waals surface area contributed by atoms with E-state index in [0.29, 0.717) is 18.9 Å². The van der Waals surface area contributed by atoms with Gasteiger partial charge in [-0.15, -0.1) is 0 Å². The first kappa shape index (κ1) is 11.7. The third-order valence-electron chi connectivity index (χ3n) is 3.51. The highest BCUT2D eigenvalue weighted by Gasteiger charge is 2.30. The van der Waals surface area contributed by atoms with Crippen LogP contribution < -0.4 is 10.2 Å². The molecule has 1 atom stereocenters. The van der Waals surface area contributed by atoms with Crippen molar-refractivity contribution in [3.05, 3.63) is 29.3 Å². The van der Waals surface area contributed by atoms with Gasteiger partial charge in [-0.25, -0.2) is 0 Å². The van der Waals surface area contributed by atoms with Gasteiger partial charge in [0.15, 0.2) is 0 Å². The molecule has 18 heavy (non-hydrogen) atoms. The standard InChI is InChI=1S/C13H13BrN2O2/c14-5-8-3-12(17)16(7-8)10-1-2-11-9(4-10)6-15-13(11)18/h1-2,4,8H,3,5-7H2,(H,15,18). The Hall–Kier alpha value is -1.36. The fourth-order valence-electron chi connectivity index (χ4n) is 2.52. The Morgan fingerprint density at radius 2 is 2.22 bits per heavy atom. The van der Waals surface area contributed by atoms with Gasteiger partial charge in [0.25, 0.3) is 5.91 Å². The van der Waals surface area contributed by atoms with Crippen LogP contribution in [-0.4, -0.2) is 23.7 Å². The highest BCUT2D eigenvalue weighted by atomic mass is 79.9. The van der Waals surface area contributed by atoms with Crippen molar-refractivity contribution in [2.45, 2.75) is 13.0 Å². The van der Waals surface area contributed by atoms with E-state index in [1.165, 1.54) is 0 Å². The molecular formula is C13H13BrN2O2. The van der Waals surface area contributed by atoms with Crippen molar-refractivity contribution in [3.63, 3.8) is 0 Å². The van der Waals surface area contributed by atoms with Crippen molar-refractivity contribution < 1.29 is 9.59 Å². The summed E-state index contributed by atoms with van der Waals surface area (Å²) >= 11 is 3.43. The number of nitrogens with zero attached hydrogens (tertiary/aromatic N) is 1. The second-order valence-corrected chi connectivity index (χ2v) is 5.40. The predicted octanol–water partition coefficient (Wildman–Crippen LogP) is 1.68. The lowest BCUT2D eigenvalue weighted by Gasteiger charge is -2.17. The molecule has 1 aromatic carbocycles. The molecule has 0 saturated carbocycles. The van der Waals surface area contributed by atoms with Crippen molar-refractivity contribution in [2.75, 3.05) is 16.8 Å². The fourth-order valence-corrected chi connectivity index (χ4v) is 2.95. The van der Waals surface area contributed by atoms with Crippen LogP contribution in [0.4, 0.5) is 5.69 Å². The van der Waals surface area contributed by atoms with E-state index in [4.69, 9.17) is 0 Å². The Kier molecular flexibility index (Phi) is 2.86. The molecule has 2 heterocycles. The third kappa shape index (κ3) is 1.82. The van der Waals surface area contributed by atoms with E-state index in [9.17, 15) is 9.59 Å². The number of nitrogens with one attached hydrogen (secondary N) is 1. The van der Waals surface area contributed by atoms with Gasteiger partial charge >= 0.3 is 0 Å². The summed E-state index contributed by atoms with van der Waals surface area (Å²) in [6.07, 6.45) is 0.597. The number of carbonyl (C=O) groups excluding carboxylic acids is 2. The van der Waals surface area contributed by atoms with Crippen LogP contribution >= 0.6 is 15.9 Å². The molecule has 0 bridgehead atoms. The minimum atomic E-state index is -0.0253. The van der Waals surface area contributed by atoms with Gasteiger partial charge in [0.05, 0.1) is 0 Å². The average molecular weight is 309 g/mol. The number of carbonyl (C=O) groups is 2. The third-order valence-corrected chi connectivity index (χ3v) is 4.42. The number of rotatable bonds is 2. The molecule has 0 aliphatic carbocycles. The second-order valence-electron chi connectivity index (χ2n) is 4.75. The lowest BCUT2D eigenvalue weighted by molar-refractivity contribution is -0.117. The molecule has 0 spiro atoms. The number of hydrogen-bond donors (Lipinski definition) is 1. The number of halogens is 1. The zero-order valence-corrected chi connectivity index (χ0v) is 11.4. The normalized spacial score (nSPS) is 22.3. The molecule has 0 aromatic heterocycles. The van der Waals surface area contributed by atoms with Gasteiger partial charge in [0.2, 0.25) is 5.91 Å². The summed E-state index contributed by atoms with van der Waals surface area (Å²) in [6, 6.07) is 5.61. The largest absolute Gasteiger partial charge is 0.348 e. The molecule has 5 heteroatoms. The number of alkyl halides is 1. The molecule has 3 rings (SSSR count). The Morgan fingerprint density at radius 3 is 2.94 bits per heavy atom. The summed E-state index contributed by atoms with van der Waals surface area (Å²) in [5, 5.41) is 3.63. The zero-order chi connectivity index (χ0) is 12.7. The molecule has 1 aromatic rings. The van der Waals surface area contributed by atoms with Gasteiger partial charge < -0.3 is 10.2 Å². The molecule has 1 unspecified atom stereocenters. The van der Waals surface area contributed by atoms with Crippen molar-refractivity contribution in [3.8, 4) is 0 Å². The van der Waals surface area contributed by atoms with Crippen LogP contribution in [0.15, 0.2) is 18.2 Å². The predicted molar refractivity (Wildman–Crippen MR) is 71.9 cm³/mol. The number of amides is 2. The highest BCUT2D eigenvalue weighted by Crippen LogP contribution is 2.29. The molecular weight excluding hydrogens is 296 g/mol. The second kappa shape index (κ2) is 4.39. The van der Waals surface area contributed by atoms with E-state index in [1.54, 1.807) is 0 Å². The lowest BCUT2D eigenvalue weighted by atomic mass is 10.1. The van der Waals surface area contributed by atoms with Crippen LogP contribution in [0.5, 0.6) is 0 Å². The van der Waals surface area contributed by atoms with Gasteiger partial charge in [0, 0.05) is 36.1 Å². The first-order valence-corrected chi connectivity index (χ1v) is 7.08. The summed E-state index contributed by atoms with van der Waals surface area (Å²) in [5.41, 5.74) is 2.61. The molecule has 94 valence electrons. The van der Waals surface area contributed by atoms with Crippen LogP contribution in [0.3, 0.4) is 0 Å². The van der Waals surface area contributed by atoms with Gasteiger partial charge in [-0.3, -0.25) is 9.59 Å². The first-order valence-electron chi connectivity index (χ1n) is 5.96. The smallest absolute Gasteiger partial charge is 0.251 e.